The minimum Gasteiger partial charge on any atom is -0.349 e. The topological polar surface area (TPSA) is 56.7 Å². The van der Waals surface area contributed by atoms with Crippen molar-refractivity contribution in [2.24, 2.45) is 12.8 Å². The molecule has 0 spiro atoms. The summed E-state index contributed by atoms with van der Waals surface area (Å²) in [6, 6.07) is 5.95. The summed E-state index contributed by atoms with van der Waals surface area (Å²) >= 11 is 0. The zero-order chi connectivity index (χ0) is 10.7. The van der Waals surface area contributed by atoms with Crippen molar-refractivity contribution in [2.75, 3.05) is 6.54 Å². The first-order valence-corrected chi connectivity index (χ1v) is 4.95. The van der Waals surface area contributed by atoms with E-state index >= 15 is 0 Å². The fourth-order valence-electron chi connectivity index (χ4n) is 1.52. The van der Waals surface area contributed by atoms with Crippen molar-refractivity contribution in [3.8, 4) is 11.4 Å². The number of nitrogens with two attached hydrogens (primary N) is 1. The molecule has 0 aromatic carbocycles. The predicted octanol–water partition coefficient (Wildman–Crippen LogP) is 0.983. The summed E-state index contributed by atoms with van der Waals surface area (Å²) < 4.78 is 2.04. The van der Waals surface area contributed by atoms with Gasteiger partial charge >= 0.3 is 0 Å². The van der Waals surface area contributed by atoms with Gasteiger partial charge in [-0.2, -0.15) is 0 Å². The lowest BCUT2D eigenvalue weighted by molar-refractivity contribution is 0.861. The van der Waals surface area contributed by atoms with Crippen LogP contribution in [0.4, 0.5) is 0 Å². The van der Waals surface area contributed by atoms with Crippen molar-refractivity contribution < 1.29 is 0 Å². The molecular weight excluding hydrogens is 188 g/mol. The van der Waals surface area contributed by atoms with E-state index in [2.05, 4.69) is 9.97 Å². The van der Waals surface area contributed by atoms with Gasteiger partial charge < -0.3 is 10.3 Å². The Kier molecular flexibility index (Phi) is 2.78. The molecule has 0 aliphatic rings. The average molecular weight is 202 g/mol. The maximum absolute atomic E-state index is 5.47. The van der Waals surface area contributed by atoms with Gasteiger partial charge in [-0.15, -0.1) is 0 Å². The van der Waals surface area contributed by atoms with Crippen LogP contribution in [-0.2, 0) is 13.5 Å². The number of rotatable bonds is 3. The fraction of sp³-hybridized carbons (Fsp3) is 0.273. The van der Waals surface area contributed by atoms with E-state index in [-0.39, 0.29) is 0 Å². The molecule has 2 N–H and O–H groups in total. The van der Waals surface area contributed by atoms with Crippen molar-refractivity contribution in [3.63, 3.8) is 0 Å². The molecule has 2 aromatic rings. The Morgan fingerprint density at radius 3 is 2.93 bits per heavy atom. The predicted molar refractivity (Wildman–Crippen MR) is 59.2 cm³/mol. The van der Waals surface area contributed by atoms with Crippen LogP contribution in [-0.4, -0.2) is 21.1 Å². The molecule has 0 radical (unpaired) electrons. The van der Waals surface area contributed by atoms with Gasteiger partial charge in [-0.3, -0.25) is 0 Å². The van der Waals surface area contributed by atoms with E-state index in [1.807, 2.05) is 36.0 Å². The first kappa shape index (κ1) is 9.86. The van der Waals surface area contributed by atoms with Crippen LogP contribution < -0.4 is 5.73 Å². The highest BCUT2D eigenvalue weighted by Gasteiger charge is 2.03. The zero-order valence-electron chi connectivity index (χ0n) is 8.72. The van der Waals surface area contributed by atoms with Crippen molar-refractivity contribution >= 4 is 0 Å². The number of hydrogen-bond acceptors (Lipinski definition) is 3. The van der Waals surface area contributed by atoms with Gasteiger partial charge in [0.2, 0.25) is 0 Å². The van der Waals surface area contributed by atoms with E-state index < -0.39 is 0 Å². The number of hydrogen-bond donors (Lipinski definition) is 1. The summed E-state index contributed by atoms with van der Waals surface area (Å²) in [7, 11) is 2.00. The Labute approximate surface area is 88.8 Å². The third-order valence-electron chi connectivity index (χ3n) is 2.28. The number of aromatic nitrogens is 3. The molecule has 0 aliphatic heterocycles. The quantitative estimate of drug-likeness (QED) is 0.807. The maximum Gasteiger partial charge on any atom is 0.130 e. The molecule has 78 valence electrons. The third kappa shape index (κ3) is 2.05. The summed E-state index contributed by atoms with van der Waals surface area (Å²) in [4.78, 5) is 8.62. The highest BCUT2D eigenvalue weighted by Crippen LogP contribution is 2.15. The van der Waals surface area contributed by atoms with Gasteiger partial charge in [0.1, 0.15) is 5.82 Å². The highest BCUT2D eigenvalue weighted by atomic mass is 15.0. The van der Waals surface area contributed by atoms with E-state index in [0.29, 0.717) is 6.54 Å². The van der Waals surface area contributed by atoms with Crippen molar-refractivity contribution in [2.45, 2.75) is 6.42 Å². The standard InChI is InChI=1S/C11H14N4/c1-15-8-2-3-10(15)9-5-7-13-11(14-9)4-6-12/h2-3,5,7-8H,4,6,12H2,1H3. The lowest BCUT2D eigenvalue weighted by atomic mass is 10.3. The summed E-state index contributed by atoms with van der Waals surface area (Å²) in [5.74, 6) is 0.802. The van der Waals surface area contributed by atoms with Crippen LogP contribution >= 0.6 is 0 Å². The van der Waals surface area contributed by atoms with E-state index in [1.165, 1.54) is 0 Å². The second-order valence-corrected chi connectivity index (χ2v) is 3.40. The molecule has 4 nitrogen and oxygen atoms in total. The molecule has 0 aliphatic carbocycles. The van der Waals surface area contributed by atoms with E-state index in [9.17, 15) is 0 Å². The van der Waals surface area contributed by atoms with Gasteiger partial charge in [-0.1, -0.05) is 0 Å². The molecule has 0 atom stereocenters. The van der Waals surface area contributed by atoms with E-state index in [0.717, 1.165) is 23.6 Å². The summed E-state index contributed by atoms with van der Waals surface area (Å²) in [6.45, 7) is 0.580. The van der Waals surface area contributed by atoms with Crippen LogP contribution in [0.25, 0.3) is 11.4 Å². The zero-order valence-corrected chi connectivity index (χ0v) is 8.72. The Bertz CT molecular complexity index is 447. The van der Waals surface area contributed by atoms with Gasteiger partial charge in [0.15, 0.2) is 0 Å². The normalized spacial score (nSPS) is 10.5. The van der Waals surface area contributed by atoms with Gasteiger partial charge in [0.05, 0.1) is 11.4 Å². The van der Waals surface area contributed by atoms with Crippen molar-refractivity contribution in [1.29, 1.82) is 0 Å². The summed E-state index contributed by atoms with van der Waals surface area (Å²) in [5.41, 5.74) is 7.51. The molecule has 0 saturated heterocycles. The fourth-order valence-corrected chi connectivity index (χ4v) is 1.52. The molecule has 0 saturated carbocycles. The van der Waals surface area contributed by atoms with Crippen LogP contribution in [0.5, 0.6) is 0 Å². The number of aryl methyl sites for hydroxylation is 1. The molecule has 2 rings (SSSR count). The largest absolute Gasteiger partial charge is 0.349 e. The van der Waals surface area contributed by atoms with Crippen LogP contribution in [0.15, 0.2) is 30.6 Å². The minimum atomic E-state index is 0.580. The SMILES string of the molecule is Cn1cccc1-c1ccnc(CCN)n1. The summed E-state index contributed by atoms with van der Waals surface area (Å²) in [5, 5.41) is 0. The van der Waals surface area contributed by atoms with Crippen LogP contribution in [0.3, 0.4) is 0 Å². The lowest BCUT2D eigenvalue weighted by Crippen LogP contribution is -2.07. The monoisotopic (exact) mass is 202 g/mol. The number of nitrogens with zero attached hydrogens (tertiary/aromatic N) is 3. The van der Waals surface area contributed by atoms with Gasteiger partial charge in [0, 0.05) is 25.9 Å². The highest BCUT2D eigenvalue weighted by molar-refractivity contribution is 5.54. The Morgan fingerprint density at radius 1 is 1.40 bits per heavy atom. The first-order valence-electron chi connectivity index (χ1n) is 4.95. The van der Waals surface area contributed by atoms with Gasteiger partial charge in [-0.25, -0.2) is 9.97 Å². The second kappa shape index (κ2) is 4.23. The summed E-state index contributed by atoms with van der Waals surface area (Å²) in [6.07, 6.45) is 4.50. The van der Waals surface area contributed by atoms with Crippen molar-refractivity contribution in [3.05, 3.63) is 36.4 Å². The molecular formula is C11H14N4. The second-order valence-electron chi connectivity index (χ2n) is 3.40. The maximum atomic E-state index is 5.47. The average Bonchev–Trinajstić information content (AvgIpc) is 2.65. The lowest BCUT2D eigenvalue weighted by Gasteiger charge is -2.04. The van der Waals surface area contributed by atoms with Crippen LogP contribution in [0.2, 0.25) is 0 Å². The molecule has 2 heterocycles. The van der Waals surface area contributed by atoms with E-state index in [4.69, 9.17) is 5.73 Å². The third-order valence-corrected chi connectivity index (χ3v) is 2.28. The molecule has 2 aromatic heterocycles. The van der Waals surface area contributed by atoms with Gasteiger partial charge in [0.25, 0.3) is 0 Å². The minimum absolute atomic E-state index is 0.580. The van der Waals surface area contributed by atoms with Crippen LogP contribution in [0, 0.1) is 0 Å². The van der Waals surface area contributed by atoms with Gasteiger partial charge in [-0.05, 0) is 24.7 Å². The Morgan fingerprint density at radius 2 is 2.27 bits per heavy atom. The molecule has 4 heteroatoms. The molecule has 0 unspecified atom stereocenters. The smallest absolute Gasteiger partial charge is 0.130 e. The molecule has 0 bridgehead atoms. The van der Waals surface area contributed by atoms with E-state index in [1.54, 1.807) is 6.20 Å². The van der Waals surface area contributed by atoms with Crippen molar-refractivity contribution in [1.82, 2.24) is 14.5 Å². The van der Waals surface area contributed by atoms with Crippen LogP contribution in [0.1, 0.15) is 5.82 Å². The molecule has 15 heavy (non-hydrogen) atoms. The molecule has 0 amide bonds. The molecule has 0 fully saturated rings. The Balaban J connectivity index is 2.37. The first-order chi connectivity index (χ1) is 7.31. The Hall–Kier alpha value is -1.68.